The molecule has 1 aromatic rings. The van der Waals surface area contributed by atoms with Crippen LogP contribution in [0, 0.1) is 0 Å². The molecule has 3 nitrogen and oxygen atoms in total. The van der Waals surface area contributed by atoms with E-state index in [1.165, 1.54) is 12.3 Å². The maximum absolute atomic E-state index is 12.0. The molecule has 1 aliphatic rings. The first-order valence-corrected chi connectivity index (χ1v) is 7.00. The molecule has 1 atom stereocenters. The number of aliphatic hydroxyl groups is 1. The Hall–Kier alpha value is -0.560. The summed E-state index contributed by atoms with van der Waals surface area (Å²) in [7, 11) is -3.43. The van der Waals surface area contributed by atoms with Gasteiger partial charge in [-0.15, -0.1) is 11.3 Å². The summed E-state index contributed by atoms with van der Waals surface area (Å²) in [5.41, 5.74) is 0.734. The smallest absolute Gasteiger partial charge is 0.212 e. The molecule has 2 heterocycles. The molecule has 1 aliphatic heterocycles. The van der Waals surface area contributed by atoms with Gasteiger partial charge in [-0.05, 0) is 18.4 Å². The quantitative estimate of drug-likeness (QED) is 0.783. The minimum atomic E-state index is -3.43. The van der Waals surface area contributed by atoms with Crippen LogP contribution in [0.4, 0.5) is 0 Å². The van der Waals surface area contributed by atoms with E-state index in [2.05, 4.69) is 0 Å². The molecule has 0 saturated heterocycles. The molecule has 15 heavy (non-hydrogen) atoms. The van der Waals surface area contributed by atoms with Gasteiger partial charge in [0.1, 0.15) is 10.3 Å². The third kappa shape index (κ3) is 1.40. The highest BCUT2D eigenvalue weighted by molar-refractivity contribution is 7.97. The summed E-state index contributed by atoms with van der Waals surface area (Å²) in [5.74, 6) is 0. The van der Waals surface area contributed by atoms with Gasteiger partial charge in [0.25, 0.3) is 0 Å². The zero-order valence-corrected chi connectivity index (χ0v) is 10.2. The fourth-order valence-electron chi connectivity index (χ4n) is 1.53. The van der Waals surface area contributed by atoms with Gasteiger partial charge in [-0.3, -0.25) is 0 Å². The van der Waals surface area contributed by atoms with Gasteiger partial charge in [0, 0.05) is 16.5 Å². The normalized spacial score (nSPS) is 23.7. The van der Waals surface area contributed by atoms with Gasteiger partial charge in [0.05, 0.1) is 4.91 Å². The van der Waals surface area contributed by atoms with Gasteiger partial charge in [-0.1, -0.05) is 12.2 Å². The molecule has 0 bridgehead atoms. The molecule has 0 aliphatic carbocycles. The number of thiocarbonyl (C=S) groups is 1. The number of allylic oxidation sites excluding steroid dienone is 1. The highest BCUT2D eigenvalue weighted by atomic mass is 32.2. The number of sulfone groups is 1. The molecule has 6 heteroatoms. The van der Waals surface area contributed by atoms with Crippen LogP contribution in [-0.2, 0) is 9.84 Å². The molecule has 80 valence electrons. The van der Waals surface area contributed by atoms with Crippen molar-refractivity contribution in [3.8, 4) is 0 Å². The lowest BCUT2D eigenvalue weighted by atomic mass is 10.1. The monoisotopic (exact) mass is 260 g/mol. The first-order valence-electron chi connectivity index (χ1n) is 4.16. The zero-order valence-electron chi connectivity index (χ0n) is 7.80. The maximum atomic E-state index is 12.0. The Morgan fingerprint density at radius 3 is 2.87 bits per heavy atom. The number of hydrogen-bond donors (Lipinski definition) is 1. The molecule has 0 spiro atoms. The molecular formula is C9H8O3S3. The lowest BCUT2D eigenvalue weighted by molar-refractivity contribution is 0.219. The van der Waals surface area contributed by atoms with Gasteiger partial charge in [0.2, 0.25) is 9.84 Å². The summed E-state index contributed by atoms with van der Waals surface area (Å²) in [6.45, 7) is 1.47. The second-order valence-corrected chi connectivity index (χ2v) is 6.64. The number of aliphatic hydroxyl groups excluding tert-OH is 1. The molecule has 0 radical (unpaired) electrons. The van der Waals surface area contributed by atoms with Gasteiger partial charge >= 0.3 is 0 Å². The van der Waals surface area contributed by atoms with E-state index in [0.717, 1.165) is 11.3 Å². The fourth-order valence-corrected chi connectivity index (χ4v) is 4.86. The summed E-state index contributed by atoms with van der Waals surface area (Å²) in [6.07, 6.45) is -0.910. The third-order valence-electron chi connectivity index (χ3n) is 2.43. The first kappa shape index (κ1) is 10.9. The standard InChI is InChI=1S/C9H8O3S3/c1-5-7(4-13)8(10)6-2-3-14-9(6)15(5,11)12/h2-4,8,10H,1H3. The van der Waals surface area contributed by atoms with E-state index in [-0.39, 0.29) is 9.11 Å². The lowest BCUT2D eigenvalue weighted by Crippen LogP contribution is -2.17. The van der Waals surface area contributed by atoms with Crippen molar-refractivity contribution < 1.29 is 13.5 Å². The van der Waals surface area contributed by atoms with E-state index in [1.54, 1.807) is 11.4 Å². The molecule has 0 amide bonds. The SMILES string of the molecule is CC1=C(C=S)C(O)c2ccsc2S1(=O)=O. The van der Waals surface area contributed by atoms with E-state index in [1.807, 2.05) is 0 Å². The fraction of sp³-hybridized carbons (Fsp3) is 0.222. The van der Waals surface area contributed by atoms with Gasteiger partial charge in [-0.25, -0.2) is 8.42 Å². The van der Waals surface area contributed by atoms with Crippen molar-refractivity contribution in [2.24, 2.45) is 0 Å². The van der Waals surface area contributed by atoms with E-state index < -0.39 is 15.9 Å². The molecule has 0 saturated carbocycles. The van der Waals surface area contributed by atoms with Crippen LogP contribution in [-0.4, -0.2) is 18.9 Å². The van der Waals surface area contributed by atoms with Crippen LogP contribution in [0.15, 0.2) is 26.1 Å². The second-order valence-electron chi connectivity index (χ2n) is 3.20. The first-order chi connectivity index (χ1) is 7.00. The van der Waals surface area contributed by atoms with Crippen molar-refractivity contribution in [3.05, 3.63) is 27.5 Å². The largest absolute Gasteiger partial charge is 0.384 e. The van der Waals surface area contributed by atoms with E-state index >= 15 is 0 Å². The van der Waals surface area contributed by atoms with Crippen molar-refractivity contribution in [3.63, 3.8) is 0 Å². The number of fused-ring (bicyclic) bond motifs is 1. The van der Waals surface area contributed by atoms with E-state index in [9.17, 15) is 13.5 Å². The second kappa shape index (κ2) is 3.48. The predicted octanol–water partition coefficient (Wildman–Crippen LogP) is 1.84. The number of hydrogen-bond acceptors (Lipinski definition) is 5. The highest BCUT2D eigenvalue weighted by Gasteiger charge is 2.34. The lowest BCUT2D eigenvalue weighted by Gasteiger charge is -2.20. The Labute approximate surface area is 97.0 Å². The minimum absolute atomic E-state index is 0.153. The molecule has 2 rings (SSSR count). The Balaban J connectivity index is 2.82. The van der Waals surface area contributed by atoms with Crippen LogP contribution in [0.2, 0.25) is 0 Å². The van der Waals surface area contributed by atoms with Crippen LogP contribution >= 0.6 is 23.6 Å². The average Bonchev–Trinajstić information content (AvgIpc) is 2.65. The van der Waals surface area contributed by atoms with Gasteiger partial charge in [0.15, 0.2) is 0 Å². The average molecular weight is 260 g/mol. The van der Waals surface area contributed by atoms with Crippen molar-refractivity contribution >= 4 is 38.8 Å². The summed E-state index contributed by atoms with van der Waals surface area (Å²) >= 11 is 5.85. The summed E-state index contributed by atoms with van der Waals surface area (Å²) in [4.78, 5) is 0.153. The van der Waals surface area contributed by atoms with E-state index in [4.69, 9.17) is 12.2 Å². The Bertz CT molecular complexity index is 551. The number of rotatable bonds is 1. The Morgan fingerprint density at radius 2 is 2.27 bits per heavy atom. The van der Waals surface area contributed by atoms with Crippen molar-refractivity contribution in [1.82, 2.24) is 0 Å². The summed E-state index contributed by atoms with van der Waals surface area (Å²) < 4.78 is 24.1. The van der Waals surface area contributed by atoms with Crippen molar-refractivity contribution in [2.75, 3.05) is 0 Å². The van der Waals surface area contributed by atoms with E-state index in [0.29, 0.717) is 11.1 Å². The van der Waals surface area contributed by atoms with Crippen LogP contribution in [0.3, 0.4) is 0 Å². The molecule has 0 aromatic carbocycles. The maximum Gasteiger partial charge on any atom is 0.212 e. The van der Waals surface area contributed by atoms with Gasteiger partial charge < -0.3 is 5.11 Å². The summed E-state index contributed by atoms with van der Waals surface area (Å²) in [5, 5.41) is 12.8. The zero-order chi connectivity index (χ0) is 11.2. The topological polar surface area (TPSA) is 54.4 Å². The van der Waals surface area contributed by atoms with Crippen LogP contribution in [0.25, 0.3) is 0 Å². The summed E-state index contributed by atoms with van der Waals surface area (Å²) in [6, 6.07) is 1.62. The Morgan fingerprint density at radius 1 is 1.60 bits per heavy atom. The van der Waals surface area contributed by atoms with Crippen LogP contribution in [0.5, 0.6) is 0 Å². The number of thiophene rings is 1. The molecule has 1 aromatic heterocycles. The third-order valence-corrected chi connectivity index (χ3v) is 6.12. The van der Waals surface area contributed by atoms with Crippen LogP contribution < -0.4 is 0 Å². The molecular weight excluding hydrogens is 252 g/mol. The van der Waals surface area contributed by atoms with Crippen molar-refractivity contribution in [2.45, 2.75) is 17.2 Å². The minimum Gasteiger partial charge on any atom is -0.384 e. The molecule has 0 fully saturated rings. The van der Waals surface area contributed by atoms with Gasteiger partial charge in [-0.2, -0.15) is 0 Å². The van der Waals surface area contributed by atoms with Crippen LogP contribution in [0.1, 0.15) is 18.6 Å². The highest BCUT2D eigenvalue weighted by Crippen LogP contribution is 2.41. The molecule has 1 N–H and O–H groups in total. The Kier molecular flexibility index (Phi) is 2.54. The molecule has 1 unspecified atom stereocenters. The van der Waals surface area contributed by atoms with Crippen molar-refractivity contribution in [1.29, 1.82) is 0 Å². The predicted molar refractivity (Wildman–Crippen MR) is 62.8 cm³/mol.